The molecule has 8 nitrogen and oxygen atoms in total. The number of nitrogens with zero attached hydrogens (tertiary/aromatic N) is 2. The molecule has 23 heavy (non-hydrogen) atoms. The molecule has 0 aliphatic rings. The Labute approximate surface area is 121 Å². The lowest BCUT2D eigenvalue weighted by Gasteiger charge is -2.19. The van der Waals surface area contributed by atoms with Crippen LogP contribution in [0.15, 0.2) is 17.0 Å². The molecule has 0 saturated heterocycles. The van der Waals surface area contributed by atoms with Crippen LogP contribution in [0.5, 0.6) is 0 Å². The molecule has 0 heterocycles. The zero-order valence-corrected chi connectivity index (χ0v) is 11.0. The Morgan fingerprint density at radius 2 is 1.26 bits per heavy atom. The summed E-state index contributed by atoms with van der Waals surface area (Å²) in [7, 11) is -5.85. The first kappa shape index (κ1) is 18.6. The van der Waals surface area contributed by atoms with Crippen molar-refractivity contribution >= 4 is 21.6 Å². The second kappa shape index (κ2) is 5.32. The highest BCUT2D eigenvalue weighted by Gasteiger charge is 2.64. The Morgan fingerprint density at radius 3 is 1.48 bits per heavy atom. The van der Waals surface area contributed by atoms with E-state index in [4.69, 9.17) is 0 Å². The van der Waals surface area contributed by atoms with Crippen LogP contribution in [0.4, 0.5) is 37.2 Å². The molecule has 0 atom stereocenters. The highest BCUT2D eigenvalue weighted by atomic mass is 32.3. The van der Waals surface area contributed by atoms with Gasteiger partial charge in [0.15, 0.2) is 5.56 Å². The number of halogens is 6. The molecular formula is C8H2F6N2O6S. The van der Waals surface area contributed by atoms with E-state index in [1.807, 2.05) is 0 Å². The second-order valence-electron chi connectivity index (χ2n) is 3.86. The van der Waals surface area contributed by atoms with Gasteiger partial charge >= 0.3 is 22.3 Å². The predicted octanol–water partition coefficient (Wildman–Crippen LogP) is 2.82. The van der Waals surface area contributed by atoms with Crippen LogP contribution in [-0.2, 0) is 16.1 Å². The van der Waals surface area contributed by atoms with Crippen molar-refractivity contribution in [1.82, 2.24) is 0 Å². The summed E-state index contributed by atoms with van der Waals surface area (Å²) >= 11 is 0. The molecule has 1 rings (SSSR count). The number of benzene rings is 1. The normalized spacial score (nSPS) is 13.0. The SMILES string of the molecule is O=[N+]([O-])c1cc(S(=O)(=O)F)cc([N+](=O)[O-])c1C(F)(F)C(F)(F)F. The van der Waals surface area contributed by atoms with Crippen LogP contribution in [0.3, 0.4) is 0 Å². The maximum absolute atomic E-state index is 13.4. The molecule has 0 unspecified atom stereocenters. The van der Waals surface area contributed by atoms with Crippen molar-refractivity contribution in [3.05, 3.63) is 37.9 Å². The first-order valence-corrected chi connectivity index (χ1v) is 6.35. The lowest BCUT2D eigenvalue weighted by atomic mass is 10.0. The standard InChI is InChI=1S/C8H2F6N2O6S/c9-7(10,8(11,12)13)6-4(15(17)18)1-3(23(14,21)22)2-5(6)16(19)20/h1-2H. The Kier molecular flexibility index (Phi) is 4.30. The second-order valence-corrected chi connectivity index (χ2v) is 5.21. The van der Waals surface area contributed by atoms with Gasteiger partial charge in [-0.1, -0.05) is 0 Å². The van der Waals surface area contributed by atoms with E-state index in [1.165, 1.54) is 0 Å². The van der Waals surface area contributed by atoms with Gasteiger partial charge in [-0.05, 0) is 0 Å². The summed E-state index contributed by atoms with van der Waals surface area (Å²) in [6.07, 6.45) is -6.46. The van der Waals surface area contributed by atoms with Gasteiger partial charge in [-0.2, -0.15) is 30.4 Å². The minimum absolute atomic E-state index is 0.461. The lowest BCUT2D eigenvalue weighted by Crippen LogP contribution is -2.35. The number of hydrogen-bond acceptors (Lipinski definition) is 6. The van der Waals surface area contributed by atoms with E-state index in [0.29, 0.717) is 0 Å². The first-order valence-electron chi connectivity index (χ1n) is 4.97. The molecule has 0 saturated carbocycles. The molecule has 0 bridgehead atoms. The fraction of sp³-hybridized carbons (Fsp3) is 0.250. The monoisotopic (exact) mass is 368 g/mol. The molecule has 1 aromatic carbocycles. The van der Waals surface area contributed by atoms with E-state index in [0.717, 1.165) is 0 Å². The summed E-state index contributed by atoms with van der Waals surface area (Å²) < 4.78 is 97.8. The van der Waals surface area contributed by atoms with Crippen LogP contribution in [-0.4, -0.2) is 24.4 Å². The van der Waals surface area contributed by atoms with E-state index < -0.39 is 66.1 Å². The Morgan fingerprint density at radius 1 is 0.913 bits per heavy atom. The molecule has 0 aliphatic carbocycles. The zero-order valence-electron chi connectivity index (χ0n) is 10.2. The van der Waals surface area contributed by atoms with Gasteiger partial charge in [0.25, 0.3) is 11.4 Å². The van der Waals surface area contributed by atoms with Crippen LogP contribution in [0.1, 0.15) is 5.56 Å². The van der Waals surface area contributed by atoms with Crippen molar-refractivity contribution < 1.29 is 44.1 Å². The minimum atomic E-state index is -6.46. The third-order valence-electron chi connectivity index (χ3n) is 2.42. The van der Waals surface area contributed by atoms with Crippen molar-refractivity contribution in [3.8, 4) is 0 Å². The van der Waals surface area contributed by atoms with Crippen molar-refractivity contribution in [1.29, 1.82) is 0 Å². The highest BCUT2D eigenvalue weighted by Crippen LogP contribution is 2.51. The smallest absolute Gasteiger partial charge is 0.258 e. The first-order chi connectivity index (χ1) is 10.1. The summed E-state index contributed by atoms with van der Waals surface area (Å²) in [5.41, 5.74) is -7.23. The van der Waals surface area contributed by atoms with Gasteiger partial charge in [-0.25, -0.2) is 0 Å². The van der Waals surface area contributed by atoms with Gasteiger partial charge in [-0.15, -0.1) is 3.89 Å². The van der Waals surface area contributed by atoms with Crippen LogP contribution in [0.2, 0.25) is 0 Å². The Bertz CT molecular complexity index is 754. The molecule has 0 radical (unpaired) electrons. The van der Waals surface area contributed by atoms with E-state index in [2.05, 4.69) is 0 Å². The van der Waals surface area contributed by atoms with Crippen molar-refractivity contribution in [2.24, 2.45) is 0 Å². The molecular weight excluding hydrogens is 366 g/mol. The van der Waals surface area contributed by atoms with Crippen molar-refractivity contribution in [3.63, 3.8) is 0 Å². The van der Waals surface area contributed by atoms with Gasteiger partial charge in [0, 0.05) is 12.1 Å². The number of alkyl halides is 5. The average molecular weight is 368 g/mol. The Balaban J connectivity index is 4.04. The molecule has 0 amide bonds. The van der Waals surface area contributed by atoms with Gasteiger partial charge < -0.3 is 0 Å². The number of nitro benzene ring substituents is 2. The number of rotatable bonds is 4. The molecule has 128 valence electrons. The van der Waals surface area contributed by atoms with Gasteiger partial charge in [-0.3, -0.25) is 20.2 Å². The van der Waals surface area contributed by atoms with E-state index >= 15 is 0 Å². The summed E-state index contributed by atoms with van der Waals surface area (Å²) in [6.45, 7) is 0. The van der Waals surface area contributed by atoms with Crippen molar-refractivity contribution in [2.75, 3.05) is 0 Å². The highest BCUT2D eigenvalue weighted by molar-refractivity contribution is 7.86. The molecule has 15 heteroatoms. The maximum Gasteiger partial charge on any atom is 0.458 e. The number of hydrogen-bond donors (Lipinski definition) is 0. The zero-order chi connectivity index (χ0) is 18.4. The fourth-order valence-corrected chi connectivity index (χ4v) is 1.98. The fourth-order valence-electron chi connectivity index (χ4n) is 1.48. The summed E-state index contributed by atoms with van der Waals surface area (Å²) in [4.78, 5) is 15.6. The number of nitro groups is 2. The molecule has 0 fully saturated rings. The quantitative estimate of drug-likeness (QED) is 0.349. The van der Waals surface area contributed by atoms with E-state index in [1.54, 1.807) is 0 Å². The van der Waals surface area contributed by atoms with Crippen LogP contribution < -0.4 is 0 Å². The largest absolute Gasteiger partial charge is 0.458 e. The summed E-state index contributed by atoms with van der Waals surface area (Å²) in [6, 6.07) is -0.922. The van der Waals surface area contributed by atoms with Gasteiger partial charge in [0.05, 0.1) is 9.85 Å². The summed E-state index contributed by atoms with van der Waals surface area (Å²) in [5.74, 6) is -6.06. The van der Waals surface area contributed by atoms with Gasteiger partial charge in [0.1, 0.15) is 4.90 Å². The van der Waals surface area contributed by atoms with E-state index in [9.17, 15) is 54.5 Å². The predicted molar refractivity (Wildman–Crippen MR) is 58.0 cm³/mol. The van der Waals surface area contributed by atoms with E-state index in [-0.39, 0.29) is 0 Å². The topological polar surface area (TPSA) is 120 Å². The van der Waals surface area contributed by atoms with Gasteiger partial charge in [0.2, 0.25) is 0 Å². The minimum Gasteiger partial charge on any atom is -0.258 e. The van der Waals surface area contributed by atoms with Crippen LogP contribution in [0, 0.1) is 20.2 Å². The van der Waals surface area contributed by atoms with Crippen molar-refractivity contribution in [2.45, 2.75) is 17.0 Å². The maximum atomic E-state index is 13.4. The molecule has 1 aromatic rings. The van der Waals surface area contributed by atoms with Crippen LogP contribution in [0.25, 0.3) is 0 Å². The molecule has 0 spiro atoms. The average Bonchev–Trinajstić information content (AvgIpc) is 2.34. The van der Waals surface area contributed by atoms with Crippen LogP contribution >= 0.6 is 0 Å². The molecule has 0 aliphatic heterocycles. The molecule has 0 N–H and O–H groups in total. The summed E-state index contributed by atoms with van der Waals surface area (Å²) in [5, 5.41) is 21.2. The third-order valence-corrected chi connectivity index (χ3v) is 3.21. The molecule has 0 aromatic heterocycles. The lowest BCUT2D eigenvalue weighted by molar-refractivity contribution is -0.403. The Hall–Kier alpha value is -2.45. The third kappa shape index (κ3) is 3.33.